The lowest BCUT2D eigenvalue weighted by Gasteiger charge is -2.34. The van der Waals surface area contributed by atoms with Crippen LogP contribution in [0.1, 0.15) is 60.7 Å². The fraction of sp³-hybridized carbons (Fsp3) is 0.391. The zero-order chi connectivity index (χ0) is 21.0. The van der Waals surface area contributed by atoms with E-state index in [1.165, 1.54) is 4.90 Å². The van der Waals surface area contributed by atoms with Gasteiger partial charge in [-0.1, -0.05) is 50.2 Å². The zero-order valence-electron chi connectivity index (χ0n) is 17.1. The molecule has 0 spiro atoms. The van der Waals surface area contributed by atoms with E-state index in [2.05, 4.69) is 0 Å². The Morgan fingerprint density at radius 1 is 1.14 bits per heavy atom. The van der Waals surface area contributed by atoms with E-state index in [-0.39, 0.29) is 5.92 Å². The third-order valence-corrected chi connectivity index (χ3v) is 5.91. The normalized spacial score (nSPS) is 24.0. The van der Waals surface area contributed by atoms with Crippen molar-refractivity contribution < 1.29 is 24.2 Å². The molecule has 2 aliphatic rings. The molecule has 2 aromatic carbocycles. The van der Waals surface area contributed by atoms with Gasteiger partial charge < -0.3 is 19.5 Å². The number of ketones is 1. The van der Waals surface area contributed by atoms with Crippen molar-refractivity contribution in [1.82, 2.24) is 4.90 Å². The highest BCUT2D eigenvalue weighted by atomic mass is 16.7. The van der Waals surface area contributed by atoms with Crippen LogP contribution >= 0.6 is 0 Å². The van der Waals surface area contributed by atoms with Gasteiger partial charge in [-0.2, -0.15) is 0 Å². The van der Waals surface area contributed by atoms with Gasteiger partial charge in [-0.05, 0) is 31.4 Å². The zero-order valence-corrected chi connectivity index (χ0v) is 17.1. The molecule has 152 valence electrons. The molecule has 1 aliphatic heterocycles. The number of benzene rings is 2. The monoisotopic (exact) mass is 395 g/mol. The number of carbonyl (C=O) groups is 2. The van der Waals surface area contributed by atoms with Gasteiger partial charge in [-0.25, -0.2) is 4.79 Å². The van der Waals surface area contributed by atoms with Crippen LogP contribution in [-0.4, -0.2) is 35.0 Å². The molecule has 0 radical (unpaired) electrons. The first kappa shape index (κ1) is 19.5. The smallest absolute Gasteiger partial charge is 0.411 e. The lowest BCUT2D eigenvalue weighted by atomic mass is 9.85. The summed E-state index contributed by atoms with van der Waals surface area (Å²) in [5, 5.41) is 11.7. The van der Waals surface area contributed by atoms with Gasteiger partial charge in [-0.15, -0.1) is 0 Å². The summed E-state index contributed by atoms with van der Waals surface area (Å²) in [7, 11) is 0. The predicted molar refractivity (Wildman–Crippen MR) is 107 cm³/mol. The number of ether oxygens (including phenoxy) is 2. The number of aliphatic hydroxyl groups is 1. The lowest BCUT2D eigenvalue weighted by molar-refractivity contribution is -0.226. The minimum atomic E-state index is -2.11. The molecule has 0 saturated heterocycles. The second-order valence-corrected chi connectivity index (χ2v) is 7.75. The van der Waals surface area contributed by atoms with Crippen LogP contribution in [0.25, 0.3) is 0 Å². The summed E-state index contributed by atoms with van der Waals surface area (Å²) in [5.41, 5.74) is -0.00810. The molecule has 1 unspecified atom stereocenters. The average Bonchev–Trinajstić information content (AvgIpc) is 3.06. The number of fused-ring (bicyclic) bond motifs is 5. The Kier molecular flexibility index (Phi) is 4.42. The summed E-state index contributed by atoms with van der Waals surface area (Å²) in [5.74, 6) is -2.00. The molecule has 0 bridgehead atoms. The van der Waals surface area contributed by atoms with E-state index < -0.39 is 23.3 Å². The molecule has 29 heavy (non-hydrogen) atoms. The summed E-state index contributed by atoms with van der Waals surface area (Å²) < 4.78 is 11.9. The fourth-order valence-electron chi connectivity index (χ4n) is 4.22. The van der Waals surface area contributed by atoms with E-state index >= 15 is 0 Å². The van der Waals surface area contributed by atoms with Crippen LogP contribution in [0, 0.1) is 0 Å². The third-order valence-electron chi connectivity index (χ3n) is 5.91. The van der Waals surface area contributed by atoms with Crippen LogP contribution in [0.3, 0.4) is 0 Å². The van der Waals surface area contributed by atoms with Gasteiger partial charge in [0.15, 0.2) is 0 Å². The average molecular weight is 395 g/mol. The number of amides is 1. The molecule has 1 amide bonds. The summed E-state index contributed by atoms with van der Waals surface area (Å²) in [6, 6.07) is 12.1. The third kappa shape index (κ3) is 2.45. The first-order valence-corrected chi connectivity index (χ1v) is 9.98. The number of nitrogens with zero attached hydrogens (tertiary/aromatic N) is 1. The van der Waals surface area contributed by atoms with Crippen molar-refractivity contribution >= 4 is 11.9 Å². The maximum Gasteiger partial charge on any atom is 0.411 e. The van der Waals surface area contributed by atoms with E-state index in [4.69, 9.17) is 9.47 Å². The molecule has 6 nitrogen and oxygen atoms in total. The topological polar surface area (TPSA) is 76.1 Å². The molecule has 1 aliphatic carbocycles. The molecule has 0 aromatic heterocycles. The van der Waals surface area contributed by atoms with Crippen LogP contribution < -0.4 is 4.74 Å². The molecular formula is C23H25NO5. The molecule has 4 rings (SSSR count). The number of Topliss-reactive ketones (excluding diaryl/α,β-unsaturated/α-hetero) is 1. The molecule has 1 heterocycles. The van der Waals surface area contributed by atoms with Crippen LogP contribution in [0.2, 0.25) is 0 Å². The second-order valence-electron chi connectivity index (χ2n) is 7.75. The van der Waals surface area contributed by atoms with E-state index in [9.17, 15) is 14.7 Å². The minimum absolute atomic E-state index is 0.233. The first-order valence-electron chi connectivity index (χ1n) is 9.98. The number of hydrogen-bond donors (Lipinski definition) is 1. The highest BCUT2D eigenvalue weighted by Gasteiger charge is 2.74. The number of carbonyl (C=O) groups excluding carboxylic acids is 2. The van der Waals surface area contributed by atoms with Gasteiger partial charge in [0, 0.05) is 24.2 Å². The largest absolute Gasteiger partial charge is 0.453 e. The van der Waals surface area contributed by atoms with Crippen molar-refractivity contribution in [2.45, 2.75) is 45.0 Å². The van der Waals surface area contributed by atoms with E-state index in [1.54, 1.807) is 36.4 Å². The minimum Gasteiger partial charge on any atom is -0.453 e. The summed E-state index contributed by atoms with van der Waals surface area (Å²) in [6.07, 6.45) is -0.668. The molecule has 2 atom stereocenters. The quantitative estimate of drug-likeness (QED) is 0.849. The summed E-state index contributed by atoms with van der Waals surface area (Å²) in [4.78, 5) is 28.0. The van der Waals surface area contributed by atoms with Crippen LogP contribution in [0.5, 0.6) is 5.75 Å². The predicted octanol–water partition coefficient (Wildman–Crippen LogP) is 3.92. The van der Waals surface area contributed by atoms with Crippen molar-refractivity contribution in [3.63, 3.8) is 0 Å². The number of rotatable bonds is 4. The summed E-state index contributed by atoms with van der Waals surface area (Å²) >= 11 is 0. The molecule has 2 aromatic rings. The Bertz CT molecular complexity index is 997. The van der Waals surface area contributed by atoms with E-state index in [0.717, 1.165) is 5.56 Å². The van der Waals surface area contributed by atoms with Gasteiger partial charge in [-0.3, -0.25) is 4.79 Å². The van der Waals surface area contributed by atoms with Crippen molar-refractivity contribution in [3.05, 3.63) is 64.7 Å². The second kappa shape index (κ2) is 6.59. The molecule has 0 fully saturated rings. The van der Waals surface area contributed by atoms with Crippen molar-refractivity contribution in [3.8, 4) is 5.75 Å². The van der Waals surface area contributed by atoms with E-state index in [0.29, 0.717) is 35.5 Å². The standard InChI is InChI=1S/C23H25NO5/c1-5-24(6-2)21(26)29-22-18-12-11-15(14(3)4)13-19(18)28-23(22,27)17-10-8-7-9-16(17)20(22)25/h7-14,27H,5-6H2,1-4H3/t22-,23?/m1/s1. The fourth-order valence-corrected chi connectivity index (χ4v) is 4.22. The molecule has 0 saturated carbocycles. The van der Waals surface area contributed by atoms with Crippen molar-refractivity contribution in [2.24, 2.45) is 0 Å². The van der Waals surface area contributed by atoms with Gasteiger partial charge in [0.1, 0.15) is 5.75 Å². The SMILES string of the molecule is CCN(CC)C(=O)O[C@]12C(=O)c3ccccc3C1(O)Oc1cc(C(C)C)ccc12. The molecular weight excluding hydrogens is 370 g/mol. The Balaban J connectivity index is 1.93. The highest BCUT2D eigenvalue weighted by molar-refractivity contribution is 6.10. The Hall–Kier alpha value is -2.86. The highest BCUT2D eigenvalue weighted by Crippen LogP contribution is 2.60. The van der Waals surface area contributed by atoms with Crippen molar-refractivity contribution in [2.75, 3.05) is 13.1 Å². The van der Waals surface area contributed by atoms with E-state index in [1.807, 2.05) is 33.8 Å². The molecule has 6 heteroatoms. The first-order chi connectivity index (χ1) is 13.8. The Morgan fingerprint density at radius 3 is 2.48 bits per heavy atom. The maximum atomic E-state index is 13.6. The lowest BCUT2D eigenvalue weighted by Crippen LogP contribution is -2.53. The van der Waals surface area contributed by atoms with Crippen molar-refractivity contribution in [1.29, 1.82) is 0 Å². The van der Waals surface area contributed by atoms with Gasteiger partial charge in [0.05, 0.1) is 5.56 Å². The Morgan fingerprint density at radius 2 is 1.83 bits per heavy atom. The number of hydrogen-bond acceptors (Lipinski definition) is 5. The summed E-state index contributed by atoms with van der Waals surface area (Å²) in [6.45, 7) is 8.59. The van der Waals surface area contributed by atoms with Gasteiger partial charge in [0.2, 0.25) is 5.78 Å². The van der Waals surface area contributed by atoms with Crippen LogP contribution in [0.4, 0.5) is 4.79 Å². The van der Waals surface area contributed by atoms with Crippen LogP contribution in [-0.2, 0) is 16.1 Å². The van der Waals surface area contributed by atoms with Crippen LogP contribution in [0.15, 0.2) is 42.5 Å². The molecule has 1 N–H and O–H groups in total. The Labute approximate surface area is 170 Å². The van der Waals surface area contributed by atoms with Gasteiger partial charge >= 0.3 is 6.09 Å². The van der Waals surface area contributed by atoms with Gasteiger partial charge in [0.25, 0.3) is 11.4 Å². The maximum absolute atomic E-state index is 13.6.